The van der Waals surface area contributed by atoms with E-state index < -0.39 is 0 Å². The van der Waals surface area contributed by atoms with Crippen LogP contribution in [-0.2, 0) is 0 Å². The van der Waals surface area contributed by atoms with Crippen LogP contribution >= 0.6 is 11.3 Å². The fourth-order valence-corrected chi connectivity index (χ4v) is 3.74. The van der Waals surface area contributed by atoms with E-state index in [2.05, 4.69) is 15.3 Å². The first-order chi connectivity index (χ1) is 7.90. The third-order valence-electron chi connectivity index (χ3n) is 3.82. The Morgan fingerprint density at radius 3 is 2.94 bits per heavy atom. The first-order valence-corrected chi connectivity index (χ1v) is 7.13. The largest absolute Gasteiger partial charge is 0.330 e. The van der Waals surface area contributed by atoms with E-state index in [1.165, 1.54) is 37.2 Å². The Labute approximate surface area is 101 Å². The van der Waals surface area contributed by atoms with E-state index in [1.54, 1.807) is 11.3 Å². The molecule has 4 heteroatoms. The van der Waals surface area contributed by atoms with Gasteiger partial charge < -0.3 is 5.73 Å². The Morgan fingerprint density at radius 2 is 2.31 bits per heavy atom. The summed E-state index contributed by atoms with van der Waals surface area (Å²) >= 11 is 1.79. The fraction of sp³-hybridized carbons (Fsp3) is 0.750. The van der Waals surface area contributed by atoms with E-state index in [4.69, 9.17) is 5.73 Å². The number of thiazole rings is 1. The second-order valence-corrected chi connectivity index (χ2v) is 5.85. The Balaban J connectivity index is 1.86. The van der Waals surface area contributed by atoms with Crippen molar-refractivity contribution in [3.8, 4) is 0 Å². The number of nitrogens with two attached hydrogens (primary N) is 1. The number of rotatable bonds is 3. The van der Waals surface area contributed by atoms with Gasteiger partial charge in [0.05, 0.1) is 6.04 Å². The van der Waals surface area contributed by atoms with Gasteiger partial charge >= 0.3 is 0 Å². The molecule has 2 atom stereocenters. The molecule has 2 heterocycles. The zero-order valence-corrected chi connectivity index (χ0v) is 10.3. The molecule has 1 saturated carbocycles. The lowest BCUT2D eigenvalue weighted by Crippen LogP contribution is -2.42. The zero-order chi connectivity index (χ0) is 11.0. The Hall–Kier alpha value is -0.450. The Bertz CT molecular complexity index is 334. The standard InChI is InChI=1S/C12H19N3S/c13-8-9-2-1-6-15(10-3-4-10)11(9)12-14-5-7-16-12/h5,7,9-11H,1-4,6,8,13H2. The molecule has 1 saturated heterocycles. The molecule has 0 amide bonds. The van der Waals surface area contributed by atoms with Gasteiger partial charge in [-0.25, -0.2) is 4.98 Å². The van der Waals surface area contributed by atoms with Gasteiger partial charge in [0.15, 0.2) is 0 Å². The molecule has 0 aromatic carbocycles. The van der Waals surface area contributed by atoms with Crippen LogP contribution in [-0.4, -0.2) is 29.0 Å². The molecule has 2 aliphatic rings. The van der Waals surface area contributed by atoms with Crippen LogP contribution in [0.3, 0.4) is 0 Å². The zero-order valence-electron chi connectivity index (χ0n) is 9.51. The summed E-state index contributed by atoms with van der Waals surface area (Å²) < 4.78 is 0. The summed E-state index contributed by atoms with van der Waals surface area (Å²) in [5.74, 6) is 0.612. The van der Waals surface area contributed by atoms with Crippen LogP contribution in [0.1, 0.15) is 36.7 Å². The number of aromatic nitrogens is 1. The predicted molar refractivity (Wildman–Crippen MR) is 66.4 cm³/mol. The van der Waals surface area contributed by atoms with E-state index in [9.17, 15) is 0 Å². The van der Waals surface area contributed by atoms with Crippen molar-refractivity contribution in [1.82, 2.24) is 9.88 Å². The molecule has 0 radical (unpaired) electrons. The van der Waals surface area contributed by atoms with Crippen molar-refractivity contribution in [3.05, 3.63) is 16.6 Å². The van der Waals surface area contributed by atoms with Crippen LogP contribution in [0.4, 0.5) is 0 Å². The summed E-state index contributed by atoms with van der Waals surface area (Å²) in [6.45, 7) is 2.04. The van der Waals surface area contributed by atoms with Crippen molar-refractivity contribution in [2.75, 3.05) is 13.1 Å². The smallest absolute Gasteiger partial charge is 0.110 e. The highest BCUT2D eigenvalue weighted by atomic mass is 32.1. The first-order valence-electron chi connectivity index (χ1n) is 6.25. The molecule has 16 heavy (non-hydrogen) atoms. The first kappa shape index (κ1) is 10.7. The van der Waals surface area contributed by atoms with Crippen molar-refractivity contribution < 1.29 is 0 Å². The molecule has 2 N–H and O–H groups in total. The molecule has 3 nitrogen and oxygen atoms in total. The maximum absolute atomic E-state index is 5.93. The molecular weight excluding hydrogens is 218 g/mol. The van der Waals surface area contributed by atoms with Gasteiger partial charge in [0, 0.05) is 17.6 Å². The Morgan fingerprint density at radius 1 is 1.44 bits per heavy atom. The van der Waals surface area contributed by atoms with Gasteiger partial charge in [-0.05, 0) is 44.7 Å². The minimum atomic E-state index is 0.506. The molecule has 0 bridgehead atoms. The van der Waals surface area contributed by atoms with Crippen molar-refractivity contribution in [3.63, 3.8) is 0 Å². The highest BCUT2D eigenvalue weighted by Crippen LogP contribution is 2.42. The molecule has 3 rings (SSSR count). The van der Waals surface area contributed by atoms with Gasteiger partial charge in [0.1, 0.15) is 5.01 Å². The maximum Gasteiger partial charge on any atom is 0.110 e. The minimum absolute atomic E-state index is 0.506. The Kier molecular flexibility index (Phi) is 2.96. The molecule has 1 aliphatic heterocycles. The summed E-state index contributed by atoms with van der Waals surface area (Å²) in [6.07, 6.45) is 7.25. The van der Waals surface area contributed by atoms with E-state index in [0.29, 0.717) is 12.0 Å². The number of likely N-dealkylation sites (tertiary alicyclic amines) is 1. The monoisotopic (exact) mass is 237 g/mol. The summed E-state index contributed by atoms with van der Waals surface area (Å²) in [5, 5.41) is 3.37. The fourth-order valence-electron chi connectivity index (χ4n) is 2.89. The lowest BCUT2D eigenvalue weighted by molar-refractivity contribution is 0.0878. The van der Waals surface area contributed by atoms with E-state index >= 15 is 0 Å². The molecule has 2 fully saturated rings. The topological polar surface area (TPSA) is 42.1 Å². The van der Waals surface area contributed by atoms with Gasteiger partial charge in [-0.15, -0.1) is 11.3 Å². The van der Waals surface area contributed by atoms with Gasteiger partial charge in [-0.3, -0.25) is 4.90 Å². The normalized spacial score (nSPS) is 31.8. The lowest BCUT2D eigenvalue weighted by Gasteiger charge is -2.40. The number of nitrogens with zero attached hydrogens (tertiary/aromatic N) is 2. The van der Waals surface area contributed by atoms with Crippen LogP contribution in [0, 0.1) is 5.92 Å². The lowest BCUT2D eigenvalue weighted by atomic mass is 9.89. The summed E-state index contributed by atoms with van der Waals surface area (Å²) in [6, 6.07) is 1.33. The molecule has 2 unspecified atom stereocenters. The summed E-state index contributed by atoms with van der Waals surface area (Å²) in [4.78, 5) is 7.19. The molecule has 1 aromatic heterocycles. The molecule has 1 aliphatic carbocycles. The SMILES string of the molecule is NCC1CCCN(C2CC2)C1c1nccs1. The van der Waals surface area contributed by atoms with Crippen LogP contribution in [0.25, 0.3) is 0 Å². The average molecular weight is 237 g/mol. The highest BCUT2D eigenvalue weighted by Gasteiger charge is 2.40. The van der Waals surface area contributed by atoms with E-state index in [0.717, 1.165) is 12.6 Å². The van der Waals surface area contributed by atoms with Gasteiger partial charge in [-0.1, -0.05) is 0 Å². The molecule has 0 spiro atoms. The van der Waals surface area contributed by atoms with Crippen molar-refractivity contribution in [1.29, 1.82) is 0 Å². The van der Waals surface area contributed by atoms with Crippen LogP contribution in [0.5, 0.6) is 0 Å². The molecular formula is C12H19N3S. The van der Waals surface area contributed by atoms with Gasteiger partial charge in [0.25, 0.3) is 0 Å². The number of hydrogen-bond donors (Lipinski definition) is 1. The third-order valence-corrected chi connectivity index (χ3v) is 4.66. The number of piperidine rings is 1. The maximum atomic E-state index is 5.93. The summed E-state index contributed by atoms with van der Waals surface area (Å²) in [7, 11) is 0. The predicted octanol–water partition coefficient (Wildman–Crippen LogP) is 2.02. The number of hydrogen-bond acceptors (Lipinski definition) is 4. The van der Waals surface area contributed by atoms with Gasteiger partial charge in [0.2, 0.25) is 0 Å². The van der Waals surface area contributed by atoms with Crippen LogP contribution in [0.15, 0.2) is 11.6 Å². The molecule has 88 valence electrons. The van der Waals surface area contributed by atoms with Crippen molar-refractivity contribution >= 4 is 11.3 Å². The van der Waals surface area contributed by atoms with Crippen molar-refractivity contribution in [2.24, 2.45) is 11.7 Å². The van der Waals surface area contributed by atoms with E-state index in [-0.39, 0.29) is 0 Å². The minimum Gasteiger partial charge on any atom is -0.330 e. The average Bonchev–Trinajstić information content (AvgIpc) is 3.04. The van der Waals surface area contributed by atoms with E-state index in [1.807, 2.05) is 6.20 Å². The summed E-state index contributed by atoms with van der Waals surface area (Å²) in [5.41, 5.74) is 5.93. The third kappa shape index (κ3) is 1.90. The highest BCUT2D eigenvalue weighted by molar-refractivity contribution is 7.09. The molecule has 1 aromatic rings. The second kappa shape index (κ2) is 4.43. The van der Waals surface area contributed by atoms with Gasteiger partial charge in [-0.2, -0.15) is 0 Å². The second-order valence-electron chi connectivity index (χ2n) is 4.92. The quantitative estimate of drug-likeness (QED) is 0.874. The van der Waals surface area contributed by atoms with Crippen molar-refractivity contribution in [2.45, 2.75) is 37.8 Å². The van der Waals surface area contributed by atoms with Crippen LogP contribution in [0.2, 0.25) is 0 Å². The van der Waals surface area contributed by atoms with Crippen LogP contribution < -0.4 is 5.73 Å².